The molecule has 1 unspecified atom stereocenters. The van der Waals surface area contributed by atoms with Crippen molar-refractivity contribution in [3.63, 3.8) is 0 Å². The van der Waals surface area contributed by atoms with Gasteiger partial charge in [-0.15, -0.1) is 11.8 Å². The molecule has 0 bridgehead atoms. The summed E-state index contributed by atoms with van der Waals surface area (Å²) in [5, 5.41) is 3.70. The number of hydrogen-bond donors (Lipinski definition) is 1. The Hall–Kier alpha value is -1.25. The molecule has 0 aliphatic carbocycles. The molecule has 0 fully saturated rings. The quantitative estimate of drug-likeness (QED) is 0.743. The van der Waals surface area contributed by atoms with Gasteiger partial charge in [-0.2, -0.15) is 0 Å². The molecule has 21 heavy (non-hydrogen) atoms. The zero-order chi connectivity index (χ0) is 15.2. The van der Waals surface area contributed by atoms with Gasteiger partial charge in [-0.1, -0.05) is 37.3 Å². The molecule has 0 saturated carbocycles. The van der Waals surface area contributed by atoms with Gasteiger partial charge in [0.2, 0.25) is 0 Å². The molecule has 0 aliphatic heterocycles. The van der Waals surface area contributed by atoms with E-state index in [1.807, 2.05) is 0 Å². The summed E-state index contributed by atoms with van der Waals surface area (Å²) in [6.45, 7) is 7.65. The van der Waals surface area contributed by atoms with Crippen LogP contribution in [0, 0.1) is 13.8 Å². The van der Waals surface area contributed by atoms with Gasteiger partial charge < -0.3 is 5.32 Å². The molecule has 2 rings (SSSR count). The fourth-order valence-corrected chi connectivity index (χ4v) is 2.99. The number of hydrogen-bond acceptors (Lipinski definition) is 2. The Morgan fingerprint density at radius 1 is 1.05 bits per heavy atom. The average Bonchev–Trinajstić information content (AvgIpc) is 2.52. The lowest BCUT2D eigenvalue weighted by molar-refractivity contribution is 0.595. The largest absolute Gasteiger partial charge is 0.306 e. The maximum Gasteiger partial charge on any atom is 0.0579 e. The van der Waals surface area contributed by atoms with Crippen molar-refractivity contribution >= 4 is 11.8 Å². The summed E-state index contributed by atoms with van der Waals surface area (Å²) in [5.41, 5.74) is 5.48. The Kier molecular flexibility index (Phi) is 5.89. The van der Waals surface area contributed by atoms with Crippen molar-refractivity contribution in [2.24, 2.45) is 0 Å². The average molecular weight is 299 g/mol. The van der Waals surface area contributed by atoms with E-state index in [0.29, 0.717) is 0 Å². The van der Waals surface area contributed by atoms with E-state index in [1.165, 1.54) is 27.1 Å². The normalized spacial score (nSPS) is 12.4. The predicted molar refractivity (Wildman–Crippen MR) is 94.3 cm³/mol. The maximum absolute atomic E-state index is 3.70. The van der Waals surface area contributed by atoms with Crippen molar-refractivity contribution in [3.05, 3.63) is 64.7 Å². The topological polar surface area (TPSA) is 12.0 Å². The van der Waals surface area contributed by atoms with Crippen LogP contribution in [-0.4, -0.2) is 12.8 Å². The Bertz CT molecular complexity index is 575. The predicted octanol–water partition coefficient (Wildman–Crippen LogP) is 5.11. The van der Waals surface area contributed by atoms with Crippen molar-refractivity contribution in [3.8, 4) is 0 Å². The van der Waals surface area contributed by atoms with E-state index < -0.39 is 0 Å². The Morgan fingerprint density at radius 3 is 2.38 bits per heavy atom. The van der Waals surface area contributed by atoms with Crippen LogP contribution >= 0.6 is 11.8 Å². The van der Waals surface area contributed by atoms with Gasteiger partial charge in [-0.05, 0) is 67.5 Å². The summed E-state index contributed by atoms with van der Waals surface area (Å²) < 4.78 is 0. The summed E-state index contributed by atoms with van der Waals surface area (Å²) in [5.74, 6) is 0. The van der Waals surface area contributed by atoms with E-state index in [0.717, 1.165) is 13.0 Å². The second-order valence-corrected chi connectivity index (χ2v) is 6.33. The van der Waals surface area contributed by atoms with E-state index in [1.54, 1.807) is 11.8 Å². The minimum atomic E-state index is 0.278. The number of thioether (sulfide) groups is 1. The minimum Gasteiger partial charge on any atom is -0.306 e. The second kappa shape index (κ2) is 7.67. The highest BCUT2D eigenvalue weighted by atomic mass is 32.2. The highest BCUT2D eigenvalue weighted by molar-refractivity contribution is 7.98. The van der Waals surface area contributed by atoms with Gasteiger partial charge in [-0.3, -0.25) is 0 Å². The summed E-state index contributed by atoms with van der Waals surface area (Å²) in [7, 11) is 0. The van der Waals surface area contributed by atoms with E-state index in [2.05, 4.69) is 74.8 Å². The fourth-order valence-electron chi connectivity index (χ4n) is 2.58. The van der Waals surface area contributed by atoms with Gasteiger partial charge in [0.25, 0.3) is 0 Å². The first-order valence-corrected chi connectivity index (χ1v) is 8.83. The number of benzene rings is 2. The van der Waals surface area contributed by atoms with E-state index in [4.69, 9.17) is 0 Å². The molecule has 0 amide bonds. The van der Waals surface area contributed by atoms with Crippen molar-refractivity contribution in [1.82, 2.24) is 5.32 Å². The zero-order valence-electron chi connectivity index (χ0n) is 13.4. The van der Waals surface area contributed by atoms with E-state index in [-0.39, 0.29) is 6.04 Å². The van der Waals surface area contributed by atoms with Crippen molar-refractivity contribution in [1.29, 1.82) is 0 Å². The van der Waals surface area contributed by atoms with Crippen LogP contribution in [-0.2, 0) is 0 Å². The van der Waals surface area contributed by atoms with Crippen molar-refractivity contribution in [2.45, 2.75) is 38.1 Å². The van der Waals surface area contributed by atoms with E-state index >= 15 is 0 Å². The molecule has 1 atom stereocenters. The van der Waals surface area contributed by atoms with Crippen LogP contribution in [0.25, 0.3) is 0 Å². The monoisotopic (exact) mass is 299 g/mol. The molecule has 1 nitrogen and oxygen atoms in total. The van der Waals surface area contributed by atoms with Crippen LogP contribution < -0.4 is 5.32 Å². The Labute approximate surface area is 133 Å². The first-order chi connectivity index (χ1) is 10.2. The fraction of sp³-hybridized carbons (Fsp3) is 0.368. The third-order valence-electron chi connectivity index (χ3n) is 4.01. The molecule has 2 aromatic rings. The first kappa shape index (κ1) is 16.1. The molecule has 2 aromatic carbocycles. The molecule has 0 saturated heterocycles. The van der Waals surface area contributed by atoms with Gasteiger partial charge in [0, 0.05) is 4.90 Å². The van der Waals surface area contributed by atoms with Crippen molar-refractivity contribution < 1.29 is 0 Å². The molecule has 112 valence electrons. The molecular formula is C19H25NS. The third-order valence-corrected chi connectivity index (χ3v) is 4.75. The summed E-state index contributed by atoms with van der Waals surface area (Å²) >= 11 is 1.79. The van der Waals surface area contributed by atoms with Gasteiger partial charge in [0.1, 0.15) is 0 Å². The molecule has 0 spiro atoms. The number of rotatable bonds is 6. The zero-order valence-corrected chi connectivity index (χ0v) is 14.3. The summed E-state index contributed by atoms with van der Waals surface area (Å²) in [6.07, 6.45) is 3.26. The number of nitrogens with one attached hydrogen (secondary N) is 1. The first-order valence-electron chi connectivity index (χ1n) is 7.60. The molecule has 0 aromatic heterocycles. The molecule has 0 radical (unpaired) electrons. The SMILES string of the molecule is CCCNC(c1ccc(SC)cc1)c1cccc(C)c1C. The van der Waals surface area contributed by atoms with Gasteiger partial charge in [-0.25, -0.2) is 0 Å². The standard InChI is InChI=1S/C19H25NS/c1-5-13-20-19(16-9-11-17(21-4)12-10-16)18-8-6-7-14(2)15(18)3/h6-12,19-20H,5,13H2,1-4H3. The molecule has 2 heteroatoms. The van der Waals surface area contributed by atoms with Crippen molar-refractivity contribution in [2.75, 3.05) is 12.8 Å². The van der Waals surface area contributed by atoms with Gasteiger partial charge in [0.05, 0.1) is 6.04 Å². The van der Waals surface area contributed by atoms with Crippen LogP contribution in [0.4, 0.5) is 0 Å². The minimum absolute atomic E-state index is 0.278. The number of aryl methyl sites for hydroxylation is 1. The van der Waals surface area contributed by atoms with Crippen LogP contribution in [0.3, 0.4) is 0 Å². The summed E-state index contributed by atoms with van der Waals surface area (Å²) in [4.78, 5) is 1.31. The van der Waals surface area contributed by atoms with Gasteiger partial charge in [0.15, 0.2) is 0 Å². The van der Waals surface area contributed by atoms with E-state index in [9.17, 15) is 0 Å². The van der Waals surface area contributed by atoms with Gasteiger partial charge >= 0.3 is 0 Å². The smallest absolute Gasteiger partial charge is 0.0579 e. The lowest BCUT2D eigenvalue weighted by atomic mass is 9.92. The van der Waals surface area contributed by atoms with Crippen LogP contribution in [0.2, 0.25) is 0 Å². The van der Waals surface area contributed by atoms with Crippen LogP contribution in [0.1, 0.15) is 41.6 Å². The Morgan fingerprint density at radius 2 is 1.76 bits per heavy atom. The lowest BCUT2D eigenvalue weighted by Gasteiger charge is -2.22. The highest BCUT2D eigenvalue weighted by Crippen LogP contribution is 2.28. The lowest BCUT2D eigenvalue weighted by Crippen LogP contribution is -2.24. The molecule has 1 N–H and O–H groups in total. The second-order valence-electron chi connectivity index (χ2n) is 5.45. The van der Waals surface area contributed by atoms with Crippen LogP contribution in [0.15, 0.2) is 47.4 Å². The van der Waals surface area contributed by atoms with Crippen LogP contribution in [0.5, 0.6) is 0 Å². The molecule has 0 aliphatic rings. The summed E-state index contributed by atoms with van der Waals surface area (Å²) in [6, 6.07) is 15.8. The molecular weight excluding hydrogens is 274 g/mol. The highest BCUT2D eigenvalue weighted by Gasteiger charge is 2.16. The third kappa shape index (κ3) is 3.90. The molecule has 0 heterocycles. The maximum atomic E-state index is 3.70. The Balaban J connectivity index is 2.39.